The summed E-state index contributed by atoms with van der Waals surface area (Å²) in [5, 5.41) is 7.99. The van der Waals surface area contributed by atoms with E-state index in [0.29, 0.717) is 5.92 Å². The van der Waals surface area contributed by atoms with E-state index >= 15 is 0 Å². The molecular weight excluding hydrogens is 567 g/mol. The number of hydrogen-bond acceptors (Lipinski definition) is 1. The highest BCUT2D eigenvalue weighted by Gasteiger charge is 2.51. The molecule has 0 radical (unpaired) electrons. The molecule has 1 heterocycles. The second-order valence-electron chi connectivity index (χ2n) is 13.8. The van der Waals surface area contributed by atoms with Gasteiger partial charge in [-0.25, -0.2) is 0 Å². The Balaban J connectivity index is 1.26. The Hall–Kier alpha value is -5.40. The highest BCUT2D eigenvalue weighted by atomic mass is 15.2. The van der Waals surface area contributed by atoms with Crippen molar-refractivity contribution in [1.82, 2.24) is 0 Å². The number of rotatable bonds is 4. The maximum Gasteiger partial charge on any atom is 0.0492 e. The van der Waals surface area contributed by atoms with Crippen molar-refractivity contribution in [2.45, 2.75) is 37.6 Å². The first-order valence-electron chi connectivity index (χ1n) is 17.0. The molecule has 0 saturated heterocycles. The van der Waals surface area contributed by atoms with Crippen LogP contribution in [0.4, 0.5) is 11.4 Å². The van der Waals surface area contributed by atoms with Gasteiger partial charge in [-0.1, -0.05) is 128 Å². The lowest BCUT2D eigenvalue weighted by molar-refractivity contribution is 0.451. The van der Waals surface area contributed by atoms with Crippen molar-refractivity contribution < 1.29 is 0 Å². The summed E-state index contributed by atoms with van der Waals surface area (Å²) in [6.45, 7) is 2.49. The van der Waals surface area contributed by atoms with E-state index in [1.807, 2.05) is 0 Å². The van der Waals surface area contributed by atoms with Crippen LogP contribution in [0.15, 0.2) is 152 Å². The number of nitrogens with zero attached hydrogens (tertiary/aromatic N) is 1. The average molecular weight is 602 g/mol. The Bertz CT molecular complexity index is 2440. The predicted octanol–water partition coefficient (Wildman–Crippen LogP) is 12.8. The van der Waals surface area contributed by atoms with Gasteiger partial charge in [0.25, 0.3) is 0 Å². The van der Waals surface area contributed by atoms with Crippen molar-refractivity contribution in [2.75, 3.05) is 4.90 Å². The molecule has 224 valence electrons. The van der Waals surface area contributed by atoms with Crippen LogP contribution in [0.25, 0.3) is 65.7 Å². The zero-order chi connectivity index (χ0) is 31.1. The molecule has 0 N–H and O–H groups in total. The molecule has 2 atom stereocenters. The number of hydrogen-bond donors (Lipinski definition) is 0. The van der Waals surface area contributed by atoms with Crippen LogP contribution >= 0.6 is 0 Å². The smallest absolute Gasteiger partial charge is 0.0492 e. The second-order valence-corrected chi connectivity index (χ2v) is 13.8. The van der Waals surface area contributed by atoms with Gasteiger partial charge in [0.15, 0.2) is 0 Å². The van der Waals surface area contributed by atoms with Crippen molar-refractivity contribution >= 4 is 43.7 Å². The molecule has 1 aliphatic carbocycles. The van der Waals surface area contributed by atoms with Crippen molar-refractivity contribution in [1.29, 1.82) is 0 Å². The van der Waals surface area contributed by atoms with Crippen LogP contribution < -0.4 is 4.90 Å². The molecule has 8 aromatic carbocycles. The second kappa shape index (κ2) is 10.0. The third-order valence-corrected chi connectivity index (χ3v) is 11.4. The van der Waals surface area contributed by atoms with Gasteiger partial charge in [-0.15, -0.1) is 0 Å². The van der Waals surface area contributed by atoms with E-state index in [1.54, 1.807) is 0 Å². The van der Waals surface area contributed by atoms with E-state index in [1.165, 1.54) is 102 Å². The van der Waals surface area contributed by atoms with Gasteiger partial charge < -0.3 is 4.90 Å². The van der Waals surface area contributed by atoms with E-state index in [4.69, 9.17) is 0 Å². The summed E-state index contributed by atoms with van der Waals surface area (Å²) in [4.78, 5) is 2.65. The fraction of sp³-hybridized carbons (Fsp3) is 0.130. The Morgan fingerprint density at radius 2 is 1.13 bits per heavy atom. The van der Waals surface area contributed by atoms with Crippen molar-refractivity contribution in [3.63, 3.8) is 0 Å². The van der Waals surface area contributed by atoms with Crippen LogP contribution in [0, 0.1) is 0 Å². The number of para-hydroxylation sites is 1. The van der Waals surface area contributed by atoms with Crippen LogP contribution in [-0.2, 0) is 0 Å². The first-order chi connectivity index (χ1) is 23.2. The Kier molecular flexibility index (Phi) is 5.73. The number of benzene rings is 8. The zero-order valence-electron chi connectivity index (χ0n) is 26.6. The molecule has 1 saturated carbocycles. The molecule has 1 heteroatoms. The van der Waals surface area contributed by atoms with Crippen molar-refractivity contribution in [3.8, 4) is 33.4 Å². The average Bonchev–Trinajstić information content (AvgIpc) is 3.63. The van der Waals surface area contributed by atoms with Gasteiger partial charge >= 0.3 is 0 Å². The fourth-order valence-electron chi connectivity index (χ4n) is 9.26. The highest BCUT2D eigenvalue weighted by molar-refractivity contribution is 6.30. The van der Waals surface area contributed by atoms with Gasteiger partial charge in [0, 0.05) is 22.8 Å². The van der Waals surface area contributed by atoms with Crippen LogP contribution in [0.5, 0.6) is 0 Å². The maximum absolute atomic E-state index is 2.65. The molecule has 47 heavy (non-hydrogen) atoms. The zero-order valence-corrected chi connectivity index (χ0v) is 26.6. The summed E-state index contributed by atoms with van der Waals surface area (Å²) >= 11 is 0. The molecule has 8 aromatic rings. The number of fused-ring (bicyclic) bond motifs is 3. The summed E-state index contributed by atoms with van der Waals surface area (Å²) in [7, 11) is 0. The largest absolute Gasteiger partial charge is 0.335 e. The first-order valence-corrected chi connectivity index (χ1v) is 17.0. The Morgan fingerprint density at radius 1 is 0.532 bits per heavy atom. The Labute approximate surface area is 276 Å². The van der Waals surface area contributed by atoms with Gasteiger partial charge in [-0.3, -0.25) is 0 Å². The minimum absolute atomic E-state index is 0.105. The third-order valence-electron chi connectivity index (χ3n) is 11.4. The summed E-state index contributed by atoms with van der Waals surface area (Å²) < 4.78 is 0. The SMILES string of the molecule is CC12CCCC1c1cc(-c3cc(-c4ccccc4)c4ccc5ccc(-c6ccccc6)c6ccc3c4c56)ccc1N2c1ccccc1. The van der Waals surface area contributed by atoms with Gasteiger partial charge in [0.1, 0.15) is 0 Å². The summed E-state index contributed by atoms with van der Waals surface area (Å²) in [6.07, 6.45) is 3.73. The molecule has 10 rings (SSSR count). The highest BCUT2D eigenvalue weighted by Crippen LogP contribution is 2.59. The van der Waals surface area contributed by atoms with Crippen LogP contribution in [0.2, 0.25) is 0 Å². The number of anilines is 2. The molecule has 0 amide bonds. The lowest BCUT2D eigenvalue weighted by Crippen LogP contribution is -2.40. The predicted molar refractivity (Wildman–Crippen MR) is 200 cm³/mol. The summed E-state index contributed by atoms with van der Waals surface area (Å²) in [5.41, 5.74) is 12.0. The molecule has 2 aliphatic rings. The molecule has 2 unspecified atom stereocenters. The monoisotopic (exact) mass is 601 g/mol. The quantitative estimate of drug-likeness (QED) is 0.181. The molecule has 0 spiro atoms. The van der Waals surface area contributed by atoms with Crippen LogP contribution in [0.1, 0.15) is 37.7 Å². The fourth-order valence-corrected chi connectivity index (χ4v) is 9.26. The minimum Gasteiger partial charge on any atom is -0.335 e. The van der Waals surface area contributed by atoms with Crippen LogP contribution in [0.3, 0.4) is 0 Å². The lowest BCUT2D eigenvalue weighted by Gasteiger charge is -2.37. The molecule has 0 aromatic heterocycles. The molecule has 1 fully saturated rings. The standard InChI is InChI=1S/C46H35N/c1-46-27-11-18-42(46)41-28-33(21-26-43(41)47(46)34-16-9-4-10-17-34)40-29-39(31-14-7-3-8-15-31)37-23-20-32-19-22-35(30-12-5-2-6-13-30)36-24-25-38(40)45(37)44(32)36/h2-10,12-17,19-26,28-29,42H,11,18,27H2,1H3. The molecular formula is C46H35N. The van der Waals surface area contributed by atoms with Crippen LogP contribution in [-0.4, -0.2) is 5.54 Å². The van der Waals surface area contributed by atoms with Gasteiger partial charge in [0.05, 0.1) is 0 Å². The van der Waals surface area contributed by atoms with E-state index in [0.717, 1.165) is 0 Å². The van der Waals surface area contributed by atoms with E-state index in [9.17, 15) is 0 Å². The molecule has 1 aliphatic heterocycles. The van der Waals surface area contributed by atoms with Gasteiger partial charge in [-0.05, 0) is 121 Å². The normalized spacial score (nSPS) is 18.7. The minimum atomic E-state index is 0.105. The lowest BCUT2D eigenvalue weighted by atomic mass is 9.83. The van der Waals surface area contributed by atoms with E-state index in [2.05, 4.69) is 163 Å². The maximum atomic E-state index is 2.65. The summed E-state index contributed by atoms with van der Waals surface area (Å²) in [6, 6.07) is 56.7. The van der Waals surface area contributed by atoms with E-state index < -0.39 is 0 Å². The third kappa shape index (κ3) is 3.83. The summed E-state index contributed by atoms with van der Waals surface area (Å²) in [5.74, 6) is 0.527. The van der Waals surface area contributed by atoms with Gasteiger partial charge in [-0.2, -0.15) is 0 Å². The van der Waals surface area contributed by atoms with E-state index in [-0.39, 0.29) is 5.54 Å². The first kappa shape index (κ1) is 26.8. The van der Waals surface area contributed by atoms with Gasteiger partial charge in [0.2, 0.25) is 0 Å². The molecule has 1 nitrogen and oxygen atoms in total. The molecule has 0 bridgehead atoms. The topological polar surface area (TPSA) is 3.24 Å². The Morgan fingerprint density at radius 3 is 1.85 bits per heavy atom. The van der Waals surface area contributed by atoms with Crippen molar-refractivity contribution in [2.24, 2.45) is 0 Å². The van der Waals surface area contributed by atoms with Crippen molar-refractivity contribution in [3.05, 3.63) is 157 Å².